The summed E-state index contributed by atoms with van der Waals surface area (Å²) in [5, 5.41) is 0. The molecule has 1 amide bonds. The van der Waals surface area contributed by atoms with Gasteiger partial charge >= 0.3 is 6.09 Å². The van der Waals surface area contributed by atoms with Gasteiger partial charge in [0.15, 0.2) is 5.78 Å². The van der Waals surface area contributed by atoms with Gasteiger partial charge in [-0.15, -0.1) is 0 Å². The number of likely N-dealkylation sites (tertiary alicyclic amines) is 1. The third kappa shape index (κ3) is 4.39. The number of rotatable bonds is 2. The van der Waals surface area contributed by atoms with Crippen molar-refractivity contribution in [3.63, 3.8) is 0 Å². The zero-order chi connectivity index (χ0) is 13.5. The average Bonchev–Trinajstić information content (AvgIpc) is 2.41. The summed E-state index contributed by atoms with van der Waals surface area (Å²) in [6, 6.07) is 9.55. The van der Waals surface area contributed by atoms with Gasteiger partial charge in [-0.3, -0.25) is 4.79 Å². The Morgan fingerprint density at radius 1 is 1.16 bits per heavy atom. The van der Waals surface area contributed by atoms with Gasteiger partial charge in [0, 0.05) is 13.0 Å². The number of ether oxygens (including phenoxy) is 1. The molecule has 2 rings (SSSR count). The highest BCUT2D eigenvalue weighted by Gasteiger charge is 2.19. The minimum absolute atomic E-state index is 0.122. The predicted molar refractivity (Wildman–Crippen MR) is 71.7 cm³/mol. The molecule has 0 spiro atoms. The summed E-state index contributed by atoms with van der Waals surface area (Å²) in [7, 11) is 0. The Balaban J connectivity index is 1.85. The fourth-order valence-electron chi connectivity index (χ4n) is 2.14. The maximum absolute atomic E-state index is 11.9. The molecule has 0 atom stereocenters. The molecule has 1 aliphatic rings. The molecule has 0 unspecified atom stereocenters. The number of hydrogen-bond donors (Lipinski definition) is 0. The standard InChI is InChI=1S/C15H19NO3/c17-14-9-5-2-6-10-16(11-14)15(18)19-12-13-7-3-1-4-8-13/h1,3-4,7-8H,2,5-6,9-12H2. The molecule has 4 heteroatoms. The number of hydrogen-bond acceptors (Lipinski definition) is 3. The van der Waals surface area contributed by atoms with Gasteiger partial charge < -0.3 is 9.64 Å². The van der Waals surface area contributed by atoms with Gasteiger partial charge in [-0.1, -0.05) is 36.8 Å². The lowest BCUT2D eigenvalue weighted by Gasteiger charge is -2.23. The molecule has 0 aromatic heterocycles. The van der Waals surface area contributed by atoms with Crippen LogP contribution in [0.4, 0.5) is 4.79 Å². The number of amides is 1. The van der Waals surface area contributed by atoms with Crippen molar-refractivity contribution in [3.05, 3.63) is 35.9 Å². The van der Waals surface area contributed by atoms with Crippen LogP contribution in [0.1, 0.15) is 31.2 Å². The lowest BCUT2D eigenvalue weighted by Crippen LogP contribution is -2.37. The first-order valence-electron chi connectivity index (χ1n) is 6.73. The first-order chi connectivity index (χ1) is 9.25. The van der Waals surface area contributed by atoms with Crippen LogP contribution >= 0.6 is 0 Å². The smallest absolute Gasteiger partial charge is 0.410 e. The molecule has 0 N–H and O–H groups in total. The van der Waals surface area contributed by atoms with Crippen molar-refractivity contribution < 1.29 is 14.3 Å². The van der Waals surface area contributed by atoms with Gasteiger partial charge in [0.05, 0.1) is 6.54 Å². The summed E-state index contributed by atoms with van der Waals surface area (Å²) in [5.41, 5.74) is 0.953. The summed E-state index contributed by atoms with van der Waals surface area (Å²) in [5.74, 6) is 0.122. The molecule has 1 aliphatic heterocycles. The molecule has 1 aromatic rings. The molecule has 4 nitrogen and oxygen atoms in total. The zero-order valence-corrected chi connectivity index (χ0v) is 11.0. The van der Waals surface area contributed by atoms with E-state index < -0.39 is 0 Å². The Morgan fingerprint density at radius 2 is 1.95 bits per heavy atom. The third-order valence-electron chi connectivity index (χ3n) is 3.21. The molecule has 0 aliphatic carbocycles. The van der Waals surface area contributed by atoms with Crippen molar-refractivity contribution in [3.8, 4) is 0 Å². The van der Waals surface area contributed by atoms with Crippen LogP contribution < -0.4 is 0 Å². The van der Waals surface area contributed by atoms with Crippen LogP contribution in [0.2, 0.25) is 0 Å². The van der Waals surface area contributed by atoms with Crippen molar-refractivity contribution in [2.24, 2.45) is 0 Å². The van der Waals surface area contributed by atoms with E-state index in [1.165, 1.54) is 4.90 Å². The molecule has 19 heavy (non-hydrogen) atoms. The first kappa shape index (κ1) is 13.6. The second-order valence-corrected chi connectivity index (χ2v) is 4.81. The molecule has 1 aromatic carbocycles. The fourth-order valence-corrected chi connectivity index (χ4v) is 2.14. The minimum Gasteiger partial charge on any atom is -0.445 e. The molecule has 1 saturated heterocycles. The van der Waals surface area contributed by atoms with E-state index in [9.17, 15) is 9.59 Å². The molecule has 1 heterocycles. The fraction of sp³-hybridized carbons (Fsp3) is 0.467. The monoisotopic (exact) mass is 261 g/mol. The van der Waals surface area contributed by atoms with Crippen molar-refractivity contribution in [2.75, 3.05) is 13.1 Å². The van der Waals surface area contributed by atoms with Crippen LogP contribution in [-0.4, -0.2) is 29.9 Å². The first-order valence-corrected chi connectivity index (χ1v) is 6.73. The van der Waals surface area contributed by atoms with Crippen LogP contribution in [0.5, 0.6) is 0 Å². The highest BCUT2D eigenvalue weighted by molar-refractivity contribution is 5.84. The number of benzene rings is 1. The van der Waals surface area contributed by atoms with E-state index in [0.717, 1.165) is 24.8 Å². The molecule has 0 radical (unpaired) electrons. The molecule has 102 valence electrons. The Labute approximate surface area is 113 Å². The van der Waals surface area contributed by atoms with E-state index in [1.54, 1.807) is 0 Å². The van der Waals surface area contributed by atoms with Gasteiger partial charge in [-0.05, 0) is 18.4 Å². The number of ketones is 1. The van der Waals surface area contributed by atoms with Crippen molar-refractivity contribution in [1.82, 2.24) is 4.90 Å². The van der Waals surface area contributed by atoms with Crippen LogP contribution in [0.15, 0.2) is 30.3 Å². The van der Waals surface area contributed by atoms with Gasteiger partial charge in [-0.25, -0.2) is 4.79 Å². The van der Waals surface area contributed by atoms with E-state index in [-0.39, 0.29) is 25.0 Å². The Hall–Kier alpha value is -1.84. The Morgan fingerprint density at radius 3 is 2.74 bits per heavy atom. The number of carbonyl (C=O) groups is 2. The van der Waals surface area contributed by atoms with Crippen LogP contribution in [0.3, 0.4) is 0 Å². The third-order valence-corrected chi connectivity index (χ3v) is 3.21. The predicted octanol–water partition coefficient (Wildman–Crippen LogP) is 2.77. The topological polar surface area (TPSA) is 46.6 Å². The van der Waals surface area contributed by atoms with E-state index in [2.05, 4.69) is 0 Å². The van der Waals surface area contributed by atoms with Gasteiger partial charge in [0.1, 0.15) is 6.61 Å². The number of Topliss-reactive ketones (excluding diaryl/α,β-unsaturated/α-hetero) is 1. The van der Waals surface area contributed by atoms with Crippen LogP contribution in [0.25, 0.3) is 0 Å². The van der Waals surface area contributed by atoms with E-state index in [1.807, 2.05) is 30.3 Å². The maximum atomic E-state index is 11.9. The lowest BCUT2D eigenvalue weighted by molar-refractivity contribution is -0.120. The summed E-state index contributed by atoms with van der Waals surface area (Å²) in [4.78, 5) is 25.0. The Bertz CT molecular complexity index is 430. The van der Waals surface area contributed by atoms with Crippen molar-refractivity contribution >= 4 is 11.9 Å². The van der Waals surface area contributed by atoms with Crippen molar-refractivity contribution in [2.45, 2.75) is 32.3 Å². The van der Waals surface area contributed by atoms with Gasteiger partial charge in [0.25, 0.3) is 0 Å². The molecular weight excluding hydrogens is 242 g/mol. The average molecular weight is 261 g/mol. The zero-order valence-electron chi connectivity index (χ0n) is 11.0. The molecular formula is C15H19NO3. The second-order valence-electron chi connectivity index (χ2n) is 4.81. The van der Waals surface area contributed by atoms with Gasteiger partial charge in [-0.2, -0.15) is 0 Å². The van der Waals surface area contributed by atoms with Crippen LogP contribution in [0, 0.1) is 0 Å². The minimum atomic E-state index is -0.390. The summed E-state index contributed by atoms with van der Waals surface area (Å²) in [6.07, 6.45) is 3.05. The summed E-state index contributed by atoms with van der Waals surface area (Å²) >= 11 is 0. The Kier molecular flexibility index (Phi) is 4.95. The number of carbonyl (C=O) groups excluding carboxylic acids is 2. The van der Waals surface area contributed by atoms with E-state index in [4.69, 9.17) is 4.74 Å². The molecule has 1 fully saturated rings. The van der Waals surface area contributed by atoms with E-state index in [0.29, 0.717) is 13.0 Å². The summed E-state index contributed by atoms with van der Waals surface area (Å²) < 4.78 is 5.25. The summed E-state index contributed by atoms with van der Waals surface area (Å²) in [6.45, 7) is 1.05. The van der Waals surface area contributed by atoms with Gasteiger partial charge in [0.2, 0.25) is 0 Å². The quantitative estimate of drug-likeness (QED) is 0.822. The van der Waals surface area contributed by atoms with E-state index >= 15 is 0 Å². The largest absolute Gasteiger partial charge is 0.445 e. The van der Waals surface area contributed by atoms with Crippen molar-refractivity contribution in [1.29, 1.82) is 0 Å². The SMILES string of the molecule is O=C1CCCCCN(C(=O)OCc2ccccc2)C1. The highest BCUT2D eigenvalue weighted by atomic mass is 16.6. The lowest BCUT2D eigenvalue weighted by atomic mass is 10.1. The molecule has 0 saturated carbocycles. The molecule has 0 bridgehead atoms. The van der Waals surface area contributed by atoms with Crippen LogP contribution in [-0.2, 0) is 16.1 Å². The second kappa shape index (κ2) is 6.92. The number of nitrogens with zero attached hydrogens (tertiary/aromatic N) is 1. The maximum Gasteiger partial charge on any atom is 0.410 e. The normalized spacial score (nSPS) is 16.6. The highest BCUT2D eigenvalue weighted by Crippen LogP contribution is 2.10.